The van der Waals surface area contributed by atoms with Gasteiger partial charge in [-0.3, -0.25) is 4.79 Å². The van der Waals surface area contributed by atoms with Gasteiger partial charge in [0, 0.05) is 39.1 Å². The van der Waals surface area contributed by atoms with Gasteiger partial charge in [-0.1, -0.05) is 26.2 Å². The van der Waals surface area contributed by atoms with E-state index < -0.39 is 0 Å². The zero-order chi connectivity index (χ0) is 17.0. The van der Waals surface area contributed by atoms with Crippen LogP contribution in [0.1, 0.15) is 51.9 Å². The van der Waals surface area contributed by atoms with Crippen LogP contribution in [0.2, 0.25) is 0 Å². The summed E-state index contributed by atoms with van der Waals surface area (Å²) in [4.78, 5) is 28.4. The predicted molar refractivity (Wildman–Crippen MR) is 89.7 cm³/mol. The highest BCUT2D eigenvalue weighted by atomic mass is 16.6. The Bertz CT molecular complexity index is 454. The van der Waals surface area contributed by atoms with Crippen LogP contribution in [-0.2, 0) is 14.3 Å². The SMILES string of the molecule is CCCCCCN1CC2(CCN(C(=O)[C@@H]3CCOC3)CC2)OC1=O. The van der Waals surface area contributed by atoms with Crippen molar-refractivity contribution in [2.75, 3.05) is 39.4 Å². The average molecular weight is 338 g/mol. The van der Waals surface area contributed by atoms with Gasteiger partial charge >= 0.3 is 6.09 Å². The largest absolute Gasteiger partial charge is 0.441 e. The number of hydrogen-bond acceptors (Lipinski definition) is 4. The quantitative estimate of drug-likeness (QED) is 0.698. The number of carbonyl (C=O) groups excluding carboxylic acids is 2. The molecule has 0 aromatic heterocycles. The molecule has 3 fully saturated rings. The maximum absolute atomic E-state index is 12.5. The van der Waals surface area contributed by atoms with Crippen molar-refractivity contribution in [3.05, 3.63) is 0 Å². The Morgan fingerprint density at radius 2 is 2.04 bits per heavy atom. The highest BCUT2D eigenvalue weighted by Gasteiger charge is 2.47. The number of piperidine rings is 1. The van der Waals surface area contributed by atoms with Crippen molar-refractivity contribution in [1.29, 1.82) is 0 Å². The number of ether oxygens (including phenoxy) is 2. The molecule has 0 aromatic rings. The van der Waals surface area contributed by atoms with Gasteiger partial charge in [0.15, 0.2) is 0 Å². The summed E-state index contributed by atoms with van der Waals surface area (Å²) in [7, 11) is 0. The lowest BCUT2D eigenvalue weighted by Gasteiger charge is -2.38. The molecule has 3 heterocycles. The minimum atomic E-state index is -0.370. The Balaban J connectivity index is 1.46. The third-order valence-electron chi connectivity index (χ3n) is 5.59. The van der Waals surface area contributed by atoms with Gasteiger partial charge in [-0.2, -0.15) is 0 Å². The van der Waals surface area contributed by atoms with Gasteiger partial charge < -0.3 is 19.3 Å². The molecule has 3 aliphatic rings. The summed E-state index contributed by atoms with van der Waals surface area (Å²) < 4.78 is 11.1. The Morgan fingerprint density at radius 1 is 1.25 bits per heavy atom. The van der Waals surface area contributed by atoms with Crippen molar-refractivity contribution in [1.82, 2.24) is 9.80 Å². The van der Waals surface area contributed by atoms with Crippen LogP contribution < -0.4 is 0 Å². The molecule has 1 atom stereocenters. The zero-order valence-electron chi connectivity index (χ0n) is 14.8. The normalized spacial score (nSPS) is 26.2. The van der Waals surface area contributed by atoms with Crippen molar-refractivity contribution in [3.8, 4) is 0 Å². The van der Waals surface area contributed by atoms with E-state index in [2.05, 4.69) is 6.92 Å². The predicted octanol–water partition coefficient (Wildman–Crippen LogP) is 2.42. The number of nitrogens with zero attached hydrogens (tertiary/aromatic N) is 2. The first-order chi connectivity index (χ1) is 11.6. The van der Waals surface area contributed by atoms with Crippen LogP contribution in [0.25, 0.3) is 0 Å². The number of carbonyl (C=O) groups is 2. The van der Waals surface area contributed by atoms with E-state index in [1.54, 1.807) is 0 Å². The molecule has 1 spiro atoms. The van der Waals surface area contributed by atoms with Gasteiger partial charge in [-0.15, -0.1) is 0 Å². The van der Waals surface area contributed by atoms with Crippen molar-refractivity contribution in [2.45, 2.75) is 57.5 Å². The van der Waals surface area contributed by atoms with Crippen molar-refractivity contribution < 1.29 is 19.1 Å². The van der Waals surface area contributed by atoms with Gasteiger partial charge in [-0.05, 0) is 12.8 Å². The van der Waals surface area contributed by atoms with Crippen molar-refractivity contribution in [3.63, 3.8) is 0 Å². The summed E-state index contributed by atoms with van der Waals surface area (Å²) in [6.07, 6.45) is 6.80. The number of unbranched alkanes of at least 4 members (excludes halogenated alkanes) is 3. The average Bonchev–Trinajstić information content (AvgIpc) is 3.21. The molecule has 6 heteroatoms. The maximum Gasteiger partial charge on any atom is 0.410 e. The molecule has 0 unspecified atom stereocenters. The first kappa shape index (κ1) is 17.5. The second-order valence-corrected chi connectivity index (χ2v) is 7.42. The molecule has 0 bridgehead atoms. The van der Waals surface area contributed by atoms with Crippen LogP contribution in [-0.4, -0.2) is 66.8 Å². The first-order valence-corrected chi connectivity index (χ1v) is 9.48. The van der Waals surface area contributed by atoms with E-state index in [-0.39, 0.29) is 23.5 Å². The zero-order valence-corrected chi connectivity index (χ0v) is 14.8. The van der Waals surface area contributed by atoms with Gasteiger partial charge in [0.25, 0.3) is 0 Å². The van der Waals surface area contributed by atoms with Crippen molar-refractivity contribution in [2.24, 2.45) is 5.92 Å². The molecule has 0 N–H and O–H groups in total. The minimum absolute atomic E-state index is 0.0280. The fourth-order valence-electron chi connectivity index (χ4n) is 3.98. The topological polar surface area (TPSA) is 59.1 Å². The maximum atomic E-state index is 12.5. The van der Waals surface area contributed by atoms with Crippen LogP contribution in [0, 0.1) is 5.92 Å². The molecule has 0 radical (unpaired) electrons. The van der Waals surface area contributed by atoms with Gasteiger partial charge in [0.1, 0.15) is 5.60 Å². The Morgan fingerprint density at radius 3 is 2.71 bits per heavy atom. The smallest absolute Gasteiger partial charge is 0.410 e. The summed E-state index contributed by atoms with van der Waals surface area (Å²) in [5.41, 5.74) is -0.370. The minimum Gasteiger partial charge on any atom is -0.441 e. The van der Waals surface area contributed by atoms with Gasteiger partial charge in [0.05, 0.1) is 19.1 Å². The molecule has 3 aliphatic heterocycles. The molecule has 0 saturated carbocycles. The number of likely N-dealkylation sites (tertiary alicyclic amines) is 1. The van der Waals surface area contributed by atoms with Crippen LogP contribution in [0.5, 0.6) is 0 Å². The second-order valence-electron chi connectivity index (χ2n) is 7.42. The molecule has 3 saturated heterocycles. The molecule has 6 nitrogen and oxygen atoms in total. The molecular weight excluding hydrogens is 308 g/mol. The summed E-state index contributed by atoms with van der Waals surface area (Å²) in [6.45, 7) is 6.29. The summed E-state index contributed by atoms with van der Waals surface area (Å²) in [6, 6.07) is 0. The highest BCUT2D eigenvalue weighted by Crippen LogP contribution is 2.34. The van der Waals surface area contributed by atoms with E-state index in [1.165, 1.54) is 19.3 Å². The lowest BCUT2D eigenvalue weighted by molar-refractivity contribution is -0.138. The molecule has 0 aromatic carbocycles. The Kier molecular flexibility index (Phi) is 5.64. The molecule has 136 valence electrons. The number of hydrogen-bond donors (Lipinski definition) is 0. The fourth-order valence-corrected chi connectivity index (χ4v) is 3.98. The molecule has 2 amide bonds. The van der Waals surface area contributed by atoms with Crippen molar-refractivity contribution >= 4 is 12.0 Å². The van der Waals surface area contributed by atoms with E-state index in [4.69, 9.17) is 9.47 Å². The molecular formula is C18H30N2O4. The monoisotopic (exact) mass is 338 g/mol. The van der Waals surface area contributed by atoms with Crippen LogP contribution in [0.3, 0.4) is 0 Å². The third-order valence-corrected chi connectivity index (χ3v) is 5.59. The van der Waals surface area contributed by atoms with E-state index in [0.717, 1.165) is 32.2 Å². The first-order valence-electron chi connectivity index (χ1n) is 9.48. The summed E-state index contributed by atoms with van der Waals surface area (Å²) in [5.74, 6) is 0.239. The van der Waals surface area contributed by atoms with E-state index in [1.807, 2.05) is 9.80 Å². The Hall–Kier alpha value is -1.30. The van der Waals surface area contributed by atoms with E-state index in [9.17, 15) is 9.59 Å². The molecule has 3 rings (SSSR count). The lowest BCUT2D eigenvalue weighted by atomic mass is 9.90. The lowest BCUT2D eigenvalue weighted by Crippen LogP contribution is -2.50. The van der Waals surface area contributed by atoms with Crippen LogP contribution in [0.15, 0.2) is 0 Å². The Labute approximate surface area is 144 Å². The van der Waals surface area contributed by atoms with E-state index >= 15 is 0 Å². The van der Waals surface area contributed by atoms with Gasteiger partial charge in [0.2, 0.25) is 5.91 Å². The van der Waals surface area contributed by atoms with Crippen LogP contribution >= 0.6 is 0 Å². The van der Waals surface area contributed by atoms with E-state index in [0.29, 0.717) is 32.8 Å². The number of amides is 2. The standard InChI is InChI=1S/C18H30N2O4/c1-2-3-4-5-9-20-14-18(24-17(20)22)7-10-19(11-8-18)16(21)15-6-12-23-13-15/h15H,2-14H2,1H3/t15-/m1/s1. The fraction of sp³-hybridized carbons (Fsp3) is 0.889. The highest BCUT2D eigenvalue weighted by molar-refractivity contribution is 5.79. The molecule has 24 heavy (non-hydrogen) atoms. The van der Waals surface area contributed by atoms with Crippen LogP contribution in [0.4, 0.5) is 4.79 Å². The third kappa shape index (κ3) is 3.85. The summed E-state index contributed by atoms with van der Waals surface area (Å²) in [5, 5.41) is 0. The number of rotatable bonds is 6. The summed E-state index contributed by atoms with van der Waals surface area (Å²) >= 11 is 0. The van der Waals surface area contributed by atoms with Gasteiger partial charge in [-0.25, -0.2) is 4.79 Å². The second kappa shape index (κ2) is 7.72. The molecule has 0 aliphatic carbocycles.